The molecule has 0 aromatic heterocycles. The predicted octanol–water partition coefficient (Wildman–Crippen LogP) is 2.63. The van der Waals surface area contributed by atoms with Gasteiger partial charge in [-0.15, -0.1) is 0 Å². The summed E-state index contributed by atoms with van der Waals surface area (Å²) in [7, 11) is 0. The van der Waals surface area contributed by atoms with Crippen LogP contribution in [0.25, 0.3) is 0 Å². The minimum atomic E-state index is 1.11. The second kappa shape index (κ2) is 6.03. The van der Waals surface area contributed by atoms with E-state index in [1.165, 1.54) is 38.8 Å². The summed E-state index contributed by atoms with van der Waals surface area (Å²) in [5.74, 6) is 0. The molecular formula is C11H22N2. The average Bonchev–Trinajstić information content (AvgIpc) is 2.54. The maximum atomic E-state index is 2.44. The molecule has 1 aliphatic rings. The van der Waals surface area contributed by atoms with Crippen molar-refractivity contribution in [3.8, 4) is 0 Å². The number of hydrogen-bond acceptors (Lipinski definition) is 2. The van der Waals surface area contributed by atoms with Gasteiger partial charge in [-0.25, -0.2) is 5.01 Å². The summed E-state index contributed by atoms with van der Waals surface area (Å²) in [6.45, 7) is 8.00. The Hall–Kier alpha value is -0.500. The summed E-state index contributed by atoms with van der Waals surface area (Å²) in [6, 6.07) is 0. The molecule has 0 bridgehead atoms. The third-order valence-electron chi connectivity index (χ3n) is 2.43. The third kappa shape index (κ3) is 3.39. The van der Waals surface area contributed by atoms with Crippen molar-refractivity contribution in [3.05, 3.63) is 12.3 Å². The largest absolute Gasteiger partial charge is 0.313 e. The number of hydrazine groups is 1. The smallest absolute Gasteiger partial charge is 0.0379 e. The molecule has 13 heavy (non-hydrogen) atoms. The molecule has 1 rings (SSSR count). The van der Waals surface area contributed by atoms with Crippen LogP contribution in [0.2, 0.25) is 0 Å². The first-order valence-electron chi connectivity index (χ1n) is 5.56. The number of hydrogen-bond donors (Lipinski definition) is 0. The van der Waals surface area contributed by atoms with Crippen LogP contribution in [0.4, 0.5) is 0 Å². The molecule has 0 N–H and O–H groups in total. The van der Waals surface area contributed by atoms with Crippen LogP contribution in [0, 0.1) is 0 Å². The third-order valence-corrected chi connectivity index (χ3v) is 2.43. The van der Waals surface area contributed by atoms with Crippen LogP contribution in [0.15, 0.2) is 12.3 Å². The zero-order valence-corrected chi connectivity index (χ0v) is 9.00. The normalized spacial score (nSPS) is 17.2. The molecule has 0 saturated carbocycles. The minimum Gasteiger partial charge on any atom is -0.313 e. The molecule has 0 fully saturated rings. The highest BCUT2D eigenvalue weighted by Crippen LogP contribution is 2.10. The highest BCUT2D eigenvalue weighted by molar-refractivity contribution is 4.91. The van der Waals surface area contributed by atoms with Crippen molar-refractivity contribution in [2.75, 3.05) is 19.6 Å². The van der Waals surface area contributed by atoms with E-state index in [0.717, 1.165) is 6.54 Å². The highest BCUT2D eigenvalue weighted by atomic mass is 15.6. The molecular weight excluding hydrogens is 160 g/mol. The summed E-state index contributed by atoms with van der Waals surface area (Å²) in [5.41, 5.74) is 0. The van der Waals surface area contributed by atoms with Crippen LogP contribution in [0.3, 0.4) is 0 Å². The zero-order valence-electron chi connectivity index (χ0n) is 9.00. The molecule has 0 aliphatic carbocycles. The van der Waals surface area contributed by atoms with E-state index in [4.69, 9.17) is 0 Å². The first-order valence-corrected chi connectivity index (χ1v) is 5.56. The van der Waals surface area contributed by atoms with E-state index in [1.54, 1.807) is 0 Å². The lowest BCUT2D eigenvalue weighted by molar-refractivity contribution is 0.0502. The number of rotatable bonds is 6. The molecule has 1 heterocycles. The Morgan fingerprint density at radius 1 is 1.08 bits per heavy atom. The van der Waals surface area contributed by atoms with Crippen molar-refractivity contribution in [3.63, 3.8) is 0 Å². The van der Waals surface area contributed by atoms with Crippen molar-refractivity contribution >= 4 is 0 Å². The van der Waals surface area contributed by atoms with Crippen LogP contribution < -0.4 is 0 Å². The molecule has 0 aromatic carbocycles. The molecule has 0 saturated heterocycles. The van der Waals surface area contributed by atoms with Crippen LogP contribution >= 0.6 is 0 Å². The lowest BCUT2D eigenvalue weighted by Gasteiger charge is -2.28. The van der Waals surface area contributed by atoms with Crippen LogP contribution in [-0.4, -0.2) is 29.7 Å². The molecule has 76 valence electrons. The van der Waals surface area contributed by atoms with E-state index in [2.05, 4.69) is 36.1 Å². The van der Waals surface area contributed by atoms with Crippen molar-refractivity contribution in [1.29, 1.82) is 0 Å². The Labute approximate surface area is 82.2 Å². The van der Waals surface area contributed by atoms with Crippen molar-refractivity contribution in [2.24, 2.45) is 0 Å². The minimum absolute atomic E-state index is 1.11. The summed E-state index contributed by atoms with van der Waals surface area (Å²) in [4.78, 5) is 0. The van der Waals surface area contributed by atoms with Gasteiger partial charge in [0.15, 0.2) is 0 Å². The molecule has 2 nitrogen and oxygen atoms in total. The van der Waals surface area contributed by atoms with Crippen LogP contribution in [0.5, 0.6) is 0 Å². The van der Waals surface area contributed by atoms with Crippen molar-refractivity contribution in [2.45, 2.75) is 39.5 Å². The number of unbranched alkanes of at least 4 members (excludes halogenated alkanes) is 2. The van der Waals surface area contributed by atoms with Gasteiger partial charge in [0.25, 0.3) is 0 Å². The van der Waals surface area contributed by atoms with Gasteiger partial charge < -0.3 is 5.01 Å². The molecule has 2 heteroatoms. The van der Waals surface area contributed by atoms with E-state index in [9.17, 15) is 0 Å². The van der Waals surface area contributed by atoms with Gasteiger partial charge in [0.05, 0.1) is 0 Å². The first-order chi connectivity index (χ1) is 6.38. The maximum absolute atomic E-state index is 2.44. The second-order valence-corrected chi connectivity index (χ2v) is 3.67. The quantitative estimate of drug-likeness (QED) is 0.583. The van der Waals surface area contributed by atoms with Crippen molar-refractivity contribution in [1.82, 2.24) is 10.0 Å². The fraction of sp³-hybridized carbons (Fsp3) is 0.818. The summed E-state index contributed by atoms with van der Waals surface area (Å²) >= 11 is 0. The Bertz CT molecular complexity index is 154. The highest BCUT2D eigenvalue weighted by Gasteiger charge is 2.13. The SMILES string of the molecule is CCCCCN1CC=CN1CCC. The first kappa shape index (κ1) is 10.6. The lowest BCUT2D eigenvalue weighted by Crippen LogP contribution is -2.36. The van der Waals surface area contributed by atoms with Gasteiger partial charge in [0.1, 0.15) is 0 Å². The van der Waals surface area contributed by atoms with E-state index >= 15 is 0 Å². The number of nitrogens with zero attached hydrogens (tertiary/aromatic N) is 2. The van der Waals surface area contributed by atoms with Gasteiger partial charge in [-0.05, 0) is 12.8 Å². The van der Waals surface area contributed by atoms with Gasteiger partial charge in [-0.1, -0.05) is 32.8 Å². The van der Waals surface area contributed by atoms with Crippen LogP contribution in [-0.2, 0) is 0 Å². The van der Waals surface area contributed by atoms with E-state index in [-0.39, 0.29) is 0 Å². The summed E-state index contributed by atoms with van der Waals surface area (Å²) < 4.78 is 0. The zero-order chi connectivity index (χ0) is 9.52. The fourth-order valence-corrected chi connectivity index (χ4v) is 1.70. The molecule has 0 amide bonds. The predicted molar refractivity (Wildman–Crippen MR) is 57.2 cm³/mol. The topological polar surface area (TPSA) is 6.48 Å². The Kier molecular flexibility index (Phi) is 4.91. The van der Waals surface area contributed by atoms with Gasteiger partial charge in [0.2, 0.25) is 0 Å². The molecule has 1 aliphatic heterocycles. The maximum Gasteiger partial charge on any atom is 0.0379 e. The standard InChI is InChI=1S/C11H22N2/c1-3-5-6-9-13-11-7-10-12(13)8-4-2/h7,10H,3-6,8-9,11H2,1-2H3. The molecule has 0 spiro atoms. The molecule has 0 unspecified atom stereocenters. The summed E-state index contributed by atoms with van der Waals surface area (Å²) in [5, 5.41) is 4.80. The van der Waals surface area contributed by atoms with Gasteiger partial charge >= 0.3 is 0 Å². The Balaban J connectivity index is 2.17. The van der Waals surface area contributed by atoms with Crippen molar-refractivity contribution < 1.29 is 0 Å². The lowest BCUT2D eigenvalue weighted by atomic mass is 10.2. The second-order valence-electron chi connectivity index (χ2n) is 3.67. The Morgan fingerprint density at radius 3 is 2.62 bits per heavy atom. The Morgan fingerprint density at radius 2 is 1.92 bits per heavy atom. The fourth-order valence-electron chi connectivity index (χ4n) is 1.70. The van der Waals surface area contributed by atoms with Gasteiger partial charge in [-0.2, -0.15) is 0 Å². The van der Waals surface area contributed by atoms with Gasteiger partial charge in [-0.3, -0.25) is 0 Å². The molecule has 0 radical (unpaired) electrons. The molecule has 0 atom stereocenters. The molecule has 0 aromatic rings. The van der Waals surface area contributed by atoms with Crippen LogP contribution in [0.1, 0.15) is 39.5 Å². The van der Waals surface area contributed by atoms with E-state index in [0.29, 0.717) is 0 Å². The average molecular weight is 182 g/mol. The van der Waals surface area contributed by atoms with E-state index < -0.39 is 0 Å². The van der Waals surface area contributed by atoms with E-state index in [1.807, 2.05) is 0 Å². The monoisotopic (exact) mass is 182 g/mol. The summed E-state index contributed by atoms with van der Waals surface area (Å²) in [6.07, 6.45) is 9.70. The van der Waals surface area contributed by atoms with Gasteiger partial charge in [0, 0.05) is 25.8 Å².